The third kappa shape index (κ3) is 4.67. The summed E-state index contributed by atoms with van der Waals surface area (Å²) in [7, 11) is 0. The molecule has 0 aromatic carbocycles. The molecule has 4 rings (SSSR count). The van der Waals surface area contributed by atoms with Gasteiger partial charge in [-0.3, -0.25) is 4.98 Å². The molecule has 150 valence electrons. The average molecular weight is 390 g/mol. The van der Waals surface area contributed by atoms with Crippen LogP contribution in [0.2, 0.25) is 0 Å². The van der Waals surface area contributed by atoms with Crippen molar-refractivity contribution in [2.24, 2.45) is 0 Å². The standard InChI is InChI=1S/C22H27N7/c1-4-17-14-20(28-22(27-17)19-7-5-6-10-23-19)26-18-8-11-29(12-9-18)21-13-15(2)24-16(3)25-21/h5-7,10,13-14,18H,4,8-9,11-12H2,1-3H3,(H,26,27,28). The van der Waals surface area contributed by atoms with Crippen LogP contribution in [0.3, 0.4) is 0 Å². The molecule has 1 aliphatic heterocycles. The van der Waals surface area contributed by atoms with Crippen molar-refractivity contribution in [1.29, 1.82) is 0 Å². The minimum Gasteiger partial charge on any atom is -0.367 e. The van der Waals surface area contributed by atoms with Crippen molar-refractivity contribution in [3.8, 4) is 11.5 Å². The van der Waals surface area contributed by atoms with Crippen molar-refractivity contribution in [2.45, 2.75) is 46.1 Å². The monoisotopic (exact) mass is 389 g/mol. The van der Waals surface area contributed by atoms with Gasteiger partial charge in [0.05, 0.1) is 0 Å². The molecule has 3 aromatic heterocycles. The Kier molecular flexibility index (Phi) is 5.64. The molecular weight excluding hydrogens is 362 g/mol. The second-order valence-electron chi connectivity index (χ2n) is 7.46. The first-order chi connectivity index (χ1) is 14.1. The molecule has 0 bridgehead atoms. The fraction of sp³-hybridized carbons (Fsp3) is 0.409. The largest absolute Gasteiger partial charge is 0.367 e. The van der Waals surface area contributed by atoms with E-state index in [0.29, 0.717) is 11.9 Å². The Labute approximate surface area is 171 Å². The predicted octanol–water partition coefficient (Wildman–Crippen LogP) is 3.59. The van der Waals surface area contributed by atoms with E-state index in [4.69, 9.17) is 4.98 Å². The molecule has 0 spiro atoms. The van der Waals surface area contributed by atoms with Crippen molar-refractivity contribution in [3.05, 3.63) is 53.7 Å². The Hall–Kier alpha value is -3.09. The highest BCUT2D eigenvalue weighted by atomic mass is 15.2. The molecule has 29 heavy (non-hydrogen) atoms. The summed E-state index contributed by atoms with van der Waals surface area (Å²) in [5.41, 5.74) is 2.84. The van der Waals surface area contributed by atoms with Crippen molar-refractivity contribution < 1.29 is 0 Å². The summed E-state index contributed by atoms with van der Waals surface area (Å²) in [6.45, 7) is 8.01. The Morgan fingerprint density at radius 3 is 2.55 bits per heavy atom. The van der Waals surface area contributed by atoms with Crippen LogP contribution in [0.15, 0.2) is 36.5 Å². The maximum atomic E-state index is 4.73. The van der Waals surface area contributed by atoms with Crippen LogP contribution in [0.1, 0.15) is 37.0 Å². The maximum Gasteiger partial charge on any atom is 0.180 e. The van der Waals surface area contributed by atoms with Gasteiger partial charge in [0, 0.05) is 48.8 Å². The van der Waals surface area contributed by atoms with Gasteiger partial charge in [-0.2, -0.15) is 0 Å². The first-order valence-electron chi connectivity index (χ1n) is 10.2. The van der Waals surface area contributed by atoms with Gasteiger partial charge in [-0.15, -0.1) is 0 Å². The van der Waals surface area contributed by atoms with E-state index in [1.165, 1.54) is 0 Å². The number of rotatable bonds is 5. The molecule has 0 unspecified atom stereocenters. The van der Waals surface area contributed by atoms with E-state index in [0.717, 1.165) is 66.9 Å². The molecule has 0 amide bonds. The van der Waals surface area contributed by atoms with Crippen LogP contribution in [-0.4, -0.2) is 44.1 Å². The molecule has 1 aliphatic rings. The second kappa shape index (κ2) is 8.51. The van der Waals surface area contributed by atoms with Crippen molar-refractivity contribution >= 4 is 11.6 Å². The minimum absolute atomic E-state index is 0.381. The van der Waals surface area contributed by atoms with Crippen LogP contribution in [0.5, 0.6) is 0 Å². The highest BCUT2D eigenvalue weighted by Gasteiger charge is 2.21. The Morgan fingerprint density at radius 2 is 1.86 bits per heavy atom. The van der Waals surface area contributed by atoms with Crippen molar-refractivity contribution in [3.63, 3.8) is 0 Å². The van der Waals surface area contributed by atoms with Crippen LogP contribution < -0.4 is 10.2 Å². The lowest BCUT2D eigenvalue weighted by molar-refractivity contribution is 0.521. The molecular formula is C22H27N7. The second-order valence-corrected chi connectivity index (χ2v) is 7.46. The van der Waals surface area contributed by atoms with Gasteiger partial charge in [0.2, 0.25) is 0 Å². The molecule has 7 heteroatoms. The fourth-order valence-corrected chi connectivity index (χ4v) is 3.68. The fourth-order valence-electron chi connectivity index (χ4n) is 3.68. The van der Waals surface area contributed by atoms with E-state index in [1.807, 2.05) is 32.0 Å². The Bertz CT molecular complexity index is 946. The average Bonchev–Trinajstić information content (AvgIpc) is 2.74. The van der Waals surface area contributed by atoms with Gasteiger partial charge in [-0.25, -0.2) is 19.9 Å². The van der Waals surface area contributed by atoms with E-state index in [2.05, 4.69) is 49.2 Å². The summed E-state index contributed by atoms with van der Waals surface area (Å²) in [6.07, 6.45) is 4.71. The zero-order valence-electron chi connectivity index (χ0n) is 17.3. The predicted molar refractivity (Wildman–Crippen MR) is 115 cm³/mol. The summed E-state index contributed by atoms with van der Waals surface area (Å²) < 4.78 is 0. The SMILES string of the molecule is CCc1cc(NC2CCN(c3cc(C)nc(C)n3)CC2)nc(-c2ccccn2)n1. The van der Waals surface area contributed by atoms with Gasteiger partial charge in [-0.1, -0.05) is 13.0 Å². The zero-order valence-corrected chi connectivity index (χ0v) is 17.3. The van der Waals surface area contributed by atoms with Gasteiger partial charge >= 0.3 is 0 Å². The van der Waals surface area contributed by atoms with E-state index in [-0.39, 0.29) is 0 Å². The number of hydrogen-bond donors (Lipinski definition) is 1. The molecule has 0 radical (unpaired) electrons. The number of nitrogens with zero attached hydrogens (tertiary/aromatic N) is 6. The number of nitrogens with one attached hydrogen (secondary N) is 1. The highest BCUT2D eigenvalue weighted by molar-refractivity contribution is 5.53. The molecule has 0 saturated carbocycles. The number of anilines is 2. The van der Waals surface area contributed by atoms with Crippen LogP contribution in [-0.2, 0) is 6.42 Å². The summed E-state index contributed by atoms with van der Waals surface area (Å²) in [4.78, 5) is 25.1. The number of aryl methyl sites for hydroxylation is 3. The van der Waals surface area contributed by atoms with Gasteiger partial charge in [0.1, 0.15) is 23.2 Å². The van der Waals surface area contributed by atoms with Crippen LogP contribution in [0, 0.1) is 13.8 Å². The van der Waals surface area contributed by atoms with Crippen LogP contribution >= 0.6 is 0 Å². The first kappa shape index (κ1) is 19.2. The van der Waals surface area contributed by atoms with Gasteiger partial charge in [0.15, 0.2) is 5.82 Å². The maximum absolute atomic E-state index is 4.73. The molecule has 0 atom stereocenters. The molecule has 1 saturated heterocycles. The van der Waals surface area contributed by atoms with Crippen molar-refractivity contribution in [2.75, 3.05) is 23.3 Å². The zero-order chi connectivity index (χ0) is 20.2. The van der Waals surface area contributed by atoms with Gasteiger partial charge in [0.25, 0.3) is 0 Å². The van der Waals surface area contributed by atoms with E-state index < -0.39 is 0 Å². The number of aromatic nitrogens is 5. The Morgan fingerprint density at radius 1 is 1.03 bits per heavy atom. The topological polar surface area (TPSA) is 79.7 Å². The molecule has 7 nitrogen and oxygen atoms in total. The van der Waals surface area contributed by atoms with Gasteiger partial charge in [-0.05, 0) is 45.2 Å². The van der Waals surface area contributed by atoms with E-state index >= 15 is 0 Å². The lowest BCUT2D eigenvalue weighted by Crippen LogP contribution is -2.39. The summed E-state index contributed by atoms with van der Waals surface area (Å²) >= 11 is 0. The normalized spacial score (nSPS) is 14.8. The third-order valence-electron chi connectivity index (χ3n) is 5.16. The number of pyridine rings is 1. The molecule has 3 aromatic rings. The summed E-state index contributed by atoms with van der Waals surface area (Å²) in [6, 6.07) is 10.3. The lowest BCUT2D eigenvalue weighted by Gasteiger charge is -2.33. The lowest BCUT2D eigenvalue weighted by atomic mass is 10.0. The van der Waals surface area contributed by atoms with Crippen molar-refractivity contribution in [1.82, 2.24) is 24.9 Å². The molecule has 0 aliphatic carbocycles. The smallest absolute Gasteiger partial charge is 0.180 e. The number of piperidine rings is 1. The highest BCUT2D eigenvalue weighted by Crippen LogP contribution is 2.22. The Balaban J connectivity index is 1.45. The van der Waals surface area contributed by atoms with E-state index in [1.54, 1.807) is 6.20 Å². The van der Waals surface area contributed by atoms with Gasteiger partial charge < -0.3 is 10.2 Å². The first-order valence-corrected chi connectivity index (χ1v) is 10.2. The molecule has 1 fully saturated rings. The van der Waals surface area contributed by atoms with Crippen LogP contribution in [0.4, 0.5) is 11.6 Å². The third-order valence-corrected chi connectivity index (χ3v) is 5.16. The molecule has 4 heterocycles. The molecule has 1 N–H and O–H groups in total. The minimum atomic E-state index is 0.381. The summed E-state index contributed by atoms with van der Waals surface area (Å²) in [5.74, 6) is 3.41. The quantitative estimate of drug-likeness (QED) is 0.714. The van der Waals surface area contributed by atoms with Crippen LogP contribution in [0.25, 0.3) is 11.5 Å². The van der Waals surface area contributed by atoms with E-state index in [9.17, 15) is 0 Å². The summed E-state index contributed by atoms with van der Waals surface area (Å²) in [5, 5.41) is 3.62. The number of hydrogen-bond acceptors (Lipinski definition) is 7.